The van der Waals surface area contributed by atoms with E-state index in [4.69, 9.17) is 4.74 Å². The van der Waals surface area contributed by atoms with E-state index in [-0.39, 0.29) is 47.8 Å². The number of phenols is 1. The number of phenolic OH excluding ortho intramolecular Hbond substituents is 1. The van der Waals surface area contributed by atoms with Crippen molar-refractivity contribution in [2.75, 3.05) is 5.32 Å². The second-order valence-corrected chi connectivity index (χ2v) is 9.31. The first-order valence-electron chi connectivity index (χ1n) is 12.0. The van der Waals surface area contributed by atoms with Gasteiger partial charge in [-0.05, 0) is 61.0 Å². The average molecular weight is 507 g/mol. The van der Waals surface area contributed by atoms with E-state index in [9.17, 15) is 28.3 Å². The molecule has 1 unspecified atom stereocenters. The molecule has 1 atom stereocenters. The van der Waals surface area contributed by atoms with Gasteiger partial charge in [-0.25, -0.2) is 8.78 Å². The highest BCUT2D eigenvalue weighted by molar-refractivity contribution is 6.09. The Bertz CT molecular complexity index is 1350. The largest absolute Gasteiger partial charge is 0.508 e. The van der Waals surface area contributed by atoms with E-state index in [2.05, 4.69) is 10.6 Å². The number of benzene rings is 3. The fraction of sp³-hybridized carbons (Fsp3) is 0.250. The number of aromatic hydroxyl groups is 1. The molecular formula is C28H24F2N2O5. The number of rotatable bonds is 7. The highest BCUT2D eigenvalue weighted by Crippen LogP contribution is 2.33. The maximum Gasteiger partial charge on any atom is 0.234 e. The van der Waals surface area contributed by atoms with Gasteiger partial charge in [-0.1, -0.05) is 0 Å². The summed E-state index contributed by atoms with van der Waals surface area (Å²) in [5.41, 5.74) is 0.905. The molecule has 1 saturated heterocycles. The first-order valence-corrected chi connectivity index (χ1v) is 12.0. The Morgan fingerprint density at radius 2 is 1.59 bits per heavy atom. The molecule has 2 aliphatic rings. The molecule has 1 aliphatic heterocycles. The zero-order chi connectivity index (χ0) is 26.1. The van der Waals surface area contributed by atoms with Gasteiger partial charge in [0.15, 0.2) is 5.78 Å². The third-order valence-corrected chi connectivity index (χ3v) is 6.70. The molecule has 1 aliphatic carbocycles. The fourth-order valence-electron chi connectivity index (χ4n) is 4.59. The van der Waals surface area contributed by atoms with E-state index in [0.717, 1.165) is 12.1 Å². The van der Waals surface area contributed by atoms with Crippen LogP contribution in [0.3, 0.4) is 0 Å². The minimum Gasteiger partial charge on any atom is -0.508 e. The van der Waals surface area contributed by atoms with Gasteiger partial charge in [-0.3, -0.25) is 19.7 Å². The van der Waals surface area contributed by atoms with Crippen LogP contribution in [0.15, 0.2) is 60.7 Å². The summed E-state index contributed by atoms with van der Waals surface area (Å²) in [6.45, 7) is 0. The molecule has 7 nitrogen and oxygen atoms in total. The summed E-state index contributed by atoms with van der Waals surface area (Å²) in [4.78, 5) is 35.9. The van der Waals surface area contributed by atoms with Gasteiger partial charge >= 0.3 is 0 Å². The predicted molar refractivity (Wildman–Crippen MR) is 131 cm³/mol. The smallest absolute Gasteiger partial charge is 0.234 e. The monoisotopic (exact) mass is 506 g/mol. The first-order chi connectivity index (χ1) is 17.8. The third-order valence-electron chi connectivity index (χ3n) is 6.70. The van der Waals surface area contributed by atoms with E-state index < -0.39 is 29.4 Å². The number of imide groups is 1. The van der Waals surface area contributed by atoms with Crippen molar-refractivity contribution in [1.29, 1.82) is 0 Å². The van der Waals surface area contributed by atoms with Crippen LogP contribution in [0.4, 0.5) is 14.5 Å². The summed E-state index contributed by atoms with van der Waals surface area (Å²) in [6, 6.07) is 14.7. The average Bonchev–Trinajstić information content (AvgIpc) is 2.85. The molecule has 0 radical (unpaired) electrons. The molecule has 1 heterocycles. The number of amides is 2. The summed E-state index contributed by atoms with van der Waals surface area (Å²) in [6.07, 6.45) is 1.25. The van der Waals surface area contributed by atoms with E-state index >= 15 is 0 Å². The minimum atomic E-state index is -0.898. The van der Waals surface area contributed by atoms with Crippen LogP contribution in [0.5, 0.6) is 11.5 Å². The number of hydrogen-bond donors (Lipinski definition) is 3. The second-order valence-electron chi connectivity index (χ2n) is 9.31. The van der Waals surface area contributed by atoms with Crippen molar-refractivity contribution < 1.29 is 33.0 Å². The lowest BCUT2D eigenvalue weighted by molar-refractivity contribution is -0.134. The number of nitrogens with one attached hydrogen (secondary N) is 2. The predicted octanol–water partition coefficient (Wildman–Crippen LogP) is 4.44. The minimum absolute atomic E-state index is 0.00842. The number of carbonyl (C=O) groups is 3. The molecule has 3 N–H and O–H groups in total. The van der Waals surface area contributed by atoms with Crippen molar-refractivity contribution in [3.63, 3.8) is 0 Å². The van der Waals surface area contributed by atoms with Crippen LogP contribution in [0.1, 0.15) is 53.1 Å². The lowest BCUT2D eigenvalue weighted by Gasteiger charge is -2.36. The number of hydrogen-bond acceptors (Lipinski definition) is 6. The maximum absolute atomic E-state index is 14.7. The molecule has 190 valence electrons. The highest BCUT2D eigenvalue weighted by atomic mass is 19.1. The summed E-state index contributed by atoms with van der Waals surface area (Å²) in [5.74, 6) is -2.79. The van der Waals surface area contributed by atoms with Gasteiger partial charge in [0, 0.05) is 48.1 Å². The molecule has 2 amide bonds. The highest BCUT2D eigenvalue weighted by Gasteiger charge is 2.33. The Labute approximate surface area is 211 Å². The Hall–Kier alpha value is -4.27. The second kappa shape index (κ2) is 10.0. The molecule has 0 bridgehead atoms. The Balaban J connectivity index is 1.14. The van der Waals surface area contributed by atoms with Crippen molar-refractivity contribution in [1.82, 2.24) is 5.32 Å². The van der Waals surface area contributed by atoms with Crippen LogP contribution in [-0.4, -0.2) is 34.8 Å². The summed E-state index contributed by atoms with van der Waals surface area (Å²) < 4.78 is 35.3. The Morgan fingerprint density at radius 3 is 2.24 bits per heavy atom. The van der Waals surface area contributed by atoms with Crippen molar-refractivity contribution >= 4 is 23.3 Å². The van der Waals surface area contributed by atoms with E-state index in [1.54, 1.807) is 36.4 Å². The van der Waals surface area contributed by atoms with Crippen molar-refractivity contribution in [2.45, 2.75) is 43.7 Å². The van der Waals surface area contributed by atoms with Crippen LogP contribution in [0.2, 0.25) is 0 Å². The number of halogens is 2. The van der Waals surface area contributed by atoms with Gasteiger partial charge in [0.05, 0.1) is 11.6 Å². The molecule has 9 heteroatoms. The molecule has 0 aromatic heterocycles. The lowest BCUT2D eigenvalue weighted by Crippen LogP contribution is -2.42. The van der Waals surface area contributed by atoms with E-state index in [1.165, 1.54) is 12.1 Å². The van der Waals surface area contributed by atoms with Gasteiger partial charge in [0.1, 0.15) is 29.2 Å². The van der Waals surface area contributed by atoms with Crippen LogP contribution in [0.25, 0.3) is 0 Å². The number of ketones is 1. The van der Waals surface area contributed by atoms with Crippen LogP contribution >= 0.6 is 0 Å². The third kappa shape index (κ3) is 5.30. The Kier molecular flexibility index (Phi) is 6.60. The van der Waals surface area contributed by atoms with Crippen molar-refractivity contribution in [2.24, 2.45) is 0 Å². The molecule has 5 rings (SSSR count). The van der Waals surface area contributed by atoms with Crippen LogP contribution < -0.4 is 15.4 Å². The van der Waals surface area contributed by atoms with Crippen LogP contribution in [-0.2, 0) is 9.59 Å². The molecule has 1 saturated carbocycles. The lowest BCUT2D eigenvalue weighted by atomic mass is 9.88. The van der Waals surface area contributed by atoms with E-state index in [0.29, 0.717) is 29.7 Å². The number of carbonyl (C=O) groups excluding carboxylic acids is 3. The number of anilines is 1. The molecule has 3 aromatic rings. The van der Waals surface area contributed by atoms with Gasteiger partial charge in [0.2, 0.25) is 11.8 Å². The van der Waals surface area contributed by atoms with Gasteiger partial charge in [-0.15, -0.1) is 0 Å². The summed E-state index contributed by atoms with van der Waals surface area (Å²) in [7, 11) is 0. The van der Waals surface area contributed by atoms with Gasteiger partial charge < -0.3 is 15.2 Å². The number of piperidine rings is 1. The van der Waals surface area contributed by atoms with Gasteiger partial charge in [-0.2, -0.15) is 0 Å². The normalized spacial score (nSPS) is 21.1. The molecule has 3 aromatic carbocycles. The first kappa shape index (κ1) is 24.4. The zero-order valence-corrected chi connectivity index (χ0v) is 19.7. The fourth-order valence-corrected chi connectivity index (χ4v) is 4.59. The van der Waals surface area contributed by atoms with Crippen molar-refractivity contribution in [3.05, 3.63) is 89.0 Å². The molecule has 2 fully saturated rings. The van der Waals surface area contributed by atoms with E-state index in [1.807, 2.05) is 0 Å². The zero-order valence-electron chi connectivity index (χ0n) is 19.7. The van der Waals surface area contributed by atoms with Crippen molar-refractivity contribution in [3.8, 4) is 11.5 Å². The summed E-state index contributed by atoms with van der Waals surface area (Å²) >= 11 is 0. The van der Waals surface area contributed by atoms with Gasteiger partial charge in [0.25, 0.3) is 0 Å². The quantitative estimate of drug-likeness (QED) is 0.323. The Morgan fingerprint density at radius 1 is 0.946 bits per heavy atom. The number of ether oxygens (including phenoxy) is 1. The molecular weight excluding hydrogens is 482 g/mol. The SMILES string of the molecule is O=C1CCC(c2cc(F)c(NC3CC(Oc4ccc(C(=O)c5ccc(O)cc5)cc4)C3)cc2F)C(=O)N1. The maximum atomic E-state index is 14.7. The topological polar surface area (TPSA) is 105 Å². The standard InChI is InChI=1S/C28H24F2N2O5/c29-23-14-25(24(30)13-22(23)21-9-10-26(34)32-28(21)36)31-17-11-20(12-17)37-19-7-3-16(4-8-19)27(35)15-1-5-18(33)6-2-15/h1-8,13-14,17,20-21,31,33H,9-12H2,(H,32,34,36). The summed E-state index contributed by atoms with van der Waals surface area (Å²) in [5, 5.41) is 14.5. The molecule has 37 heavy (non-hydrogen) atoms. The molecule has 0 spiro atoms. The van der Waals surface area contributed by atoms with Crippen LogP contribution in [0, 0.1) is 11.6 Å².